The highest BCUT2D eigenvalue weighted by Crippen LogP contribution is 2.24. The summed E-state index contributed by atoms with van der Waals surface area (Å²) in [6.45, 7) is 7.09. The standard InChI is InChI=1S/C18H22FNO/c1-12(2)18-5-4-17(6-13(18)3)21-11-15-7-14(10-20)8-16(19)9-15/h4-9,12H,10-11,20H2,1-3H3. The van der Waals surface area contributed by atoms with Gasteiger partial charge in [-0.15, -0.1) is 0 Å². The van der Waals surface area contributed by atoms with Crippen LogP contribution in [0.5, 0.6) is 5.75 Å². The molecule has 0 saturated carbocycles. The first-order valence-corrected chi connectivity index (χ1v) is 7.21. The molecule has 0 aromatic heterocycles. The Kier molecular flexibility index (Phi) is 4.97. The Bertz CT molecular complexity index is 623. The Balaban J connectivity index is 2.09. The first kappa shape index (κ1) is 15.5. The fourth-order valence-corrected chi connectivity index (χ4v) is 2.47. The van der Waals surface area contributed by atoms with E-state index >= 15 is 0 Å². The van der Waals surface area contributed by atoms with Gasteiger partial charge in [0.25, 0.3) is 0 Å². The Morgan fingerprint density at radius 2 is 1.81 bits per heavy atom. The molecule has 0 bridgehead atoms. The summed E-state index contributed by atoms with van der Waals surface area (Å²) in [5, 5.41) is 0. The van der Waals surface area contributed by atoms with Gasteiger partial charge in [-0.2, -0.15) is 0 Å². The van der Waals surface area contributed by atoms with Crippen molar-refractivity contribution in [2.45, 2.75) is 39.8 Å². The summed E-state index contributed by atoms with van der Waals surface area (Å²) in [5.41, 5.74) is 9.65. The molecule has 2 aromatic carbocycles. The summed E-state index contributed by atoms with van der Waals surface area (Å²) in [6, 6.07) is 10.9. The number of rotatable bonds is 5. The van der Waals surface area contributed by atoms with E-state index in [4.69, 9.17) is 10.5 Å². The SMILES string of the molecule is Cc1cc(OCc2cc(F)cc(CN)c2)ccc1C(C)C. The molecule has 0 aliphatic heterocycles. The highest BCUT2D eigenvalue weighted by Gasteiger charge is 2.06. The van der Waals surface area contributed by atoms with Gasteiger partial charge >= 0.3 is 0 Å². The molecule has 112 valence electrons. The number of ether oxygens (including phenoxy) is 1. The maximum atomic E-state index is 13.4. The molecule has 3 heteroatoms. The van der Waals surface area contributed by atoms with Crippen LogP contribution in [0, 0.1) is 12.7 Å². The Hall–Kier alpha value is -1.87. The topological polar surface area (TPSA) is 35.2 Å². The fourth-order valence-electron chi connectivity index (χ4n) is 2.47. The van der Waals surface area contributed by atoms with E-state index in [9.17, 15) is 4.39 Å². The van der Waals surface area contributed by atoms with Crippen molar-refractivity contribution in [2.75, 3.05) is 0 Å². The van der Waals surface area contributed by atoms with E-state index in [0.29, 0.717) is 19.1 Å². The molecule has 0 saturated heterocycles. The van der Waals surface area contributed by atoms with E-state index in [1.165, 1.54) is 23.3 Å². The number of aryl methyl sites for hydroxylation is 1. The van der Waals surface area contributed by atoms with Crippen LogP contribution in [0.25, 0.3) is 0 Å². The van der Waals surface area contributed by atoms with Crippen LogP contribution >= 0.6 is 0 Å². The highest BCUT2D eigenvalue weighted by atomic mass is 19.1. The average molecular weight is 287 g/mol. The van der Waals surface area contributed by atoms with Crippen LogP contribution in [0.15, 0.2) is 36.4 Å². The molecule has 0 unspecified atom stereocenters. The van der Waals surface area contributed by atoms with Gasteiger partial charge < -0.3 is 10.5 Å². The molecule has 2 rings (SSSR count). The predicted molar refractivity (Wildman–Crippen MR) is 83.9 cm³/mol. The number of benzene rings is 2. The van der Waals surface area contributed by atoms with E-state index in [-0.39, 0.29) is 5.82 Å². The molecule has 0 fully saturated rings. The van der Waals surface area contributed by atoms with Gasteiger partial charge in [-0.3, -0.25) is 0 Å². The van der Waals surface area contributed by atoms with Crippen LogP contribution in [0.3, 0.4) is 0 Å². The largest absolute Gasteiger partial charge is 0.489 e. The summed E-state index contributed by atoms with van der Waals surface area (Å²) >= 11 is 0. The minimum atomic E-state index is -0.275. The lowest BCUT2D eigenvalue weighted by Crippen LogP contribution is -2.02. The Morgan fingerprint density at radius 3 is 2.43 bits per heavy atom. The van der Waals surface area contributed by atoms with Crippen molar-refractivity contribution in [1.82, 2.24) is 0 Å². The molecule has 2 nitrogen and oxygen atoms in total. The van der Waals surface area contributed by atoms with Crippen molar-refractivity contribution in [3.63, 3.8) is 0 Å². The van der Waals surface area contributed by atoms with Crippen LogP contribution in [0.1, 0.15) is 42.0 Å². The molecule has 0 radical (unpaired) electrons. The molecular formula is C18H22FNO. The van der Waals surface area contributed by atoms with Gasteiger partial charge in [-0.05, 0) is 59.4 Å². The van der Waals surface area contributed by atoms with E-state index in [1.807, 2.05) is 18.2 Å². The normalized spacial score (nSPS) is 11.0. The summed E-state index contributed by atoms with van der Waals surface area (Å²) < 4.78 is 19.2. The van der Waals surface area contributed by atoms with Gasteiger partial charge in [0.15, 0.2) is 0 Å². The van der Waals surface area contributed by atoms with E-state index in [1.54, 1.807) is 0 Å². The minimum absolute atomic E-state index is 0.275. The zero-order valence-corrected chi connectivity index (χ0v) is 12.8. The van der Waals surface area contributed by atoms with Gasteiger partial charge in [0.2, 0.25) is 0 Å². The van der Waals surface area contributed by atoms with Crippen molar-refractivity contribution in [3.05, 3.63) is 64.5 Å². The van der Waals surface area contributed by atoms with Crippen LogP contribution in [0.4, 0.5) is 4.39 Å². The monoisotopic (exact) mass is 287 g/mol. The molecule has 0 aliphatic rings. The zero-order valence-electron chi connectivity index (χ0n) is 12.8. The van der Waals surface area contributed by atoms with Gasteiger partial charge in [-0.25, -0.2) is 4.39 Å². The number of hydrogen-bond acceptors (Lipinski definition) is 2. The average Bonchev–Trinajstić information content (AvgIpc) is 2.44. The Morgan fingerprint density at radius 1 is 1.10 bits per heavy atom. The van der Waals surface area contributed by atoms with Crippen LogP contribution in [-0.4, -0.2) is 0 Å². The van der Waals surface area contributed by atoms with Crippen LogP contribution in [0.2, 0.25) is 0 Å². The third kappa shape index (κ3) is 4.05. The second kappa shape index (κ2) is 6.72. The van der Waals surface area contributed by atoms with E-state index < -0.39 is 0 Å². The number of hydrogen-bond donors (Lipinski definition) is 1. The summed E-state index contributed by atoms with van der Waals surface area (Å²) in [6.07, 6.45) is 0. The first-order chi connectivity index (χ1) is 9.99. The predicted octanol–water partition coefficient (Wildman–Crippen LogP) is 4.30. The lowest BCUT2D eigenvalue weighted by atomic mass is 9.98. The summed E-state index contributed by atoms with van der Waals surface area (Å²) in [4.78, 5) is 0. The second-order valence-corrected chi connectivity index (χ2v) is 5.63. The molecule has 0 amide bonds. The zero-order chi connectivity index (χ0) is 15.4. The van der Waals surface area contributed by atoms with E-state index in [2.05, 4.69) is 26.8 Å². The van der Waals surface area contributed by atoms with Crippen molar-refractivity contribution in [1.29, 1.82) is 0 Å². The van der Waals surface area contributed by atoms with Gasteiger partial charge in [0.05, 0.1) is 0 Å². The van der Waals surface area contributed by atoms with Gasteiger partial charge in [0.1, 0.15) is 18.2 Å². The number of halogens is 1. The quantitative estimate of drug-likeness (QED) is 0.890. The van der Waals surface area contributed by atoms with Crippen LogP contribution < -0.4 is 10.5 Å². The second-order valence-electron chi connectivity index (χ2n) is 5.63. The van der Waals surface area contributed by atoms with Crippen molar-refractivity contribution < 1.29 is 9.13 Å². The third-order valence-electron chi connectivity index (χ3n) is 3.52. The fraction of sp³-hybridized carbons (Fsp3) is 0.333. The minimum Gasteiger partial charge on any atom is -0.489 e. The molecule has 2 N–H and O–H groups in total. The van der Waals surface area contributed by atoms with Gasteiger partial charge in [0, 0.05) is 6.54 Å². The molecular weight excluding hydrogens is 265 g/mol. The number of nitrogens with two attached hydrogens (primary N) is 1. The maximum absolute atomic E-state index is 13.4. The summed E-state index contributed by atoms with van der Waals surface area (Å²) in [5.74, 6) is 1.02. The molecule has 0 aliphatic carbocycles. The van der Waals surface area contributed by atoms with Crippen molar-refractivity contribution >= 4 is 0 Å². The van der Waals surface area contributed by atoms with Crippen molar-refractivity contribution in [2.24, 2.45) is 5.73 Å². The molecule has 2 aromatic rings. The van der Waals surface area contributed by atoms with Gasteiger partial charge in [-0.1, -0.05) is 26.0 Å². The molecule has 21 heavy (non-hydrogen) atoms. The smallest absolute Gasteiger partial charge is 0.123 e. The third-order valence-corrected chi connectivity index (χ3v) is 3.52. The molecule has 0 spiro atoms. The Labute approximate surface area is 125 Å². The molecule has 0 heterocycles. The first-order valence-electron chi connectivity index (χ1n) is 7.21. The highest BCUT2D eigenvalue weighted by molar-refractivity contribution is 5.36. The van der Waals surface area contributed by atoms with Crippen molar-refractivity contribution in [3.8, 4) is 5.75 Å². The molecule has 0 atom stereocenters. The maximum Gasteiger partial charge on any atom is 0.123 e. The van der Waals surface area contributed by atoms with E-state index in [0.717, 1.165) is 16.9 Å². The summed E-state index contributed by atoms with van der Waals surface area (Å²) in [7, 11) is 0. The lowest BCUT2D eigenvalue weighted by Gasteiger charge is -2.13. The van der Waals surface area contributed by atoms with Crippen LogP contribution in [-0.2, 0) is 13.2 Å². The lowest BCUT2D eigenvalue weighted by molar-refractivity contribution is 0.305.